The van der Waals surface area contributed by atoms with Crippen LogP contribution in [0.2, 0.25) is 0 Å². The van der Waals surface area contributed by atoms with Gasteiger partial charge in [-0.2, -0.15) is 0 Å². The van der Waals surface area contributed by atoms with Gasteiger partial charge in [0.1, 0.15) is 0 Å². The van der Waals surface area contributed by atoms with Crippen molar-refractivity contribution in [2.45, 2.75) is 102 Å². The van der Waals surface area contributed by atoms with Gasteiger partial charge in [0, 0.05) is 12.6 Å². The summed E-state index contributed by atoms with van der Waals surface area (Å²) in [6.07, 6.45) is 17.0. The second-order valence-electron chi connectivity index (χ2n) is 7.49. The molecule has 3 aliphatic rings. The summed E-state index contributed by atoms with van der Waals surface area (Å²) in [7, 11) is 0. The van der Waals surface area contributed by atoms with E-state index in [1.165, 1.54) is 77.0 Å². The Balaban J connectivity index is 1.44. The fourth-order valence-electron chi connectivity index (χ4n) is 4.85. The van der Waals surface area contributed by atoms with E-state index < -0.39 is 0 Å². The van der Waals surface area contributed by atoms with Crippen LogP contribution in [-0.2, 0) is 4.74 Å². The van der Waals surface area contributed by atoms with Crippen LogP contribution in [0.25, 0.3) is 0 Å². The quantitative estimate of drug-likeness (QED) is 0.822. The third-order valence-electron chi connectivity index (χ3n) is 6.14. The first kappa shape index (κ1) is 14.8. The van der Waals surface area contributed by atoms with Crippen LogP contribution in [0.5, 0.6) is 0 Å². The van der Waals surface area contributed by atoms with Crippen LogP contribution in [-0.4, -0.2) is 24.3 Å². The maximum absolute atomic E-state index is 6.49. The Morgan fingerprint density at radius 2 is 1.75 bits per heavy atom. The fraction of sp³-hybridized carbons (Fsp3) is 1.00. The van der Waals surface area contributed by atoms with E-state index in [0.717, 1.165) is 18.5 Å². The van der Waals surface area contributed by atoms with Crippen LogP contribution in [0.3, 0.4) is 0 Å². The molecule has 0 amide bonds. The lowest BCUT2D eigenvalue weighted by molar-refractivity contribution is -0.0636. The third kappa shape index (κ3) is 3.39. The van der Waals surface area contributed by atoms with Crippen molar-refractivity contribution in [2.75, 3.05) is 6.54 Å². The lowest BCUT2D eigenvalue weighted by Gasteiger charge is -2.35. The summed E-state index contributed by atoms with van der Waals surface area (Å²) in [5, 5.41) is 3.86. The van der Waals surface area contributed by atoms with E-state index in [9.17, 15) is 0 Å². The molecule has 0 aromatic rings. The largest absolute Gasteiger partial charge is 0.370 e. The Labute approximate surface area is 125 Å². The highest BCUT2D eigenvalue weighted by Crippen LogP contribution is 2.41. The Morgan fingerprint density at radius 1 is 0.950 bits per heavy atom. The molecule has 2 heteroatoms. The fourth-order valence-corrected chi connectivity index (χ4v) is 4.85. The number of ether oxygens (including phenoxy) is 1. The molecule has 2 nitrogen and oxygen atoms in total. The molecule has 2 saturated carbocycles. The standard InChI is InChI=1S/C18H33NO/c1-2-15-8-4-5-9-17(15)19-14-16-10-13-18(20-16)11-6-3-7-12-18/h15-17,19H,2-14H2,1H3. The van der Waals surface area contributed by atoms with Gasteiger partial charge in [0.05, 0.1) is 11.7 Å². The molecule has 20 heavy (non-hydrogen) atoms. The normalized spacial score (nSPS) is 37.4. The van der Waals surface area contributed by atoms with Gasteiger partial charge in [-0.15, -0.1) is 0 Å². The maximum atomic E-state index is 6.49. The van der Waals surface area contributed by atoms with E-state index in [-0.39, 0.29) is 0 Å². The molecule has 0 aromatic heterocycles. The predicted molar refractivity (Wildman–Crippen MR) is 84.0 cm³/mol. The van der Waals surface area contributed by atoms with Gasteiger partial charge in [0.25, 0.3) is 0 Å². The first-order valence-electron chi connectivity index (χ1n) is 9.22. The van der Waals surface area contributed by atoms with Gasteiger partial charge in [-0.25, -0.2) is 0 Å². The highest BCUT2D eigenvalue weighted by molar-refractivity contribution is 4.92. The Bertz CT molecular complexity index is 298. The van der Waals surface area contributed by atoms with Crippen molar-refractivity contribution < 1.29 is 4.74 Å². The third-order valence-corrected chi connectivity index (χ3v) is 6.14. The Morgan fingerprint density at radius 3 is 2.55 bits per heavy atom. The molecule has 3 atom stereocenters. The highest BCUT2D eigenvalue weighted by Gasteiger charge is 2.40. The van der Waals surface area contributed by atoms with E-state index in [2.05, 4.69) is 12.2 Å². The molecule has 0 radical (unpaired) electrons. The lowest BCUT2D eigenvalue weighted by Crippen LogP contribution is -2.42. The number of hydrogen-bond acceptors (Lipinski definition) is 2. The highest BCUT2D eigenvalue weighted by atomic mass is 16.5. The van der Waals surface area contributed by atoms with Gasteiger partial charge in [0.15, 0.2) is 0 Å². The molecule has 1 saturated heterocycles. The van der Waals surface area contributed by atoms with Gasteiger partial charge < -0.3 is 10.1 Å². The zero-order valence-corrected chi connectivity index (χ0v) is 13.3. The molecule has 1 heterocycles. The number of hydrogen-bond donors (Lipinski definition) is 1. The minimum Gasteiger partial charge on any atom is -0.370 e. The zero-order valence-electron chi connectivity index (χ0n) is 13.3. The minimum absolute atomic E-state index is 0.293. The van der Waals surface area contributed by atoms with Crippen LogP contribution < -0.4 is 5.32 Å². The molecule has 1 spiro atoms. The molecule has 3 fully saturated rings. The van der Waals surface area contributed by atoms with Crippen molar-refractivity contribution in [3.8, 4) is 0 Å². The van der Waals surface area contributed by atoms with Crippen LogP contribution in [0.15, 0.2) is 0 Å². The summed E-state index contributed by atoms with van der Waals surface area (Å²) >= 11 is 0. The van der Waals surface area contributed by atoms with Crippen molar-refractivity contribution in [1.82, 2.24) is 5.32 Å². The molecule has 3 unspecified atom stereocenters. The maximum Gasteiger partial charge on any atom is 0.0708 e. The molecular formula is C18H33NO. The summed E-state index contributed by atoms with van der Waals surface area (Å²) in [6, 6.07) is 0.764. The Kier molecular flexibility index (Phi) is 5.04. The van der Waals surface area contributed by atoms with Crippen LogP contribution in [0, 0.1) is 5.92 Å². The molecule has 1 aliphatic heterocycles. The van der Waals surface area contributed by atoms with E-state index >= 15 is 0 Å². The van der Waals surface area contributed by atoms with E-state index in [1.807, 2.05) is 0 Å². The van der Waals surface area contributed by atoms with E-state index in [1.54, 1.807) is 0 Å². The van der Waals surface area contributed by atoms with Crippen molar-refractivity contribution in [2.24, 2.45) is 5.92 Å². The van der Waals surface area contributed by atoms with Gasteiger partial charge in [-0.05, 0) is 44.4 Å². The van der Waals surface area contributed by atoms with Gasteiger partial charge in [-0.3, -0.25) is 0 Å². The van der Waals surface area contributed by atoms with Crippen LogP contribution >= 0.6 is 0 Å². The lowest BCUT2D eigenvalue weighted by atomic mass is 9.82. The SMILES string of the molecule is CCC1CCCCC1NCC1CCC2(CCCCC2)O1. The topological polar surface area (TPSA) is 21.3 Å². The summed E-state index contributed by atoms with van der Waals surface area (Å²) < 4.78 is 6.49. The summed E-state index contributed by atoms with van der Waals surface area (Å²) in [6.45, 7) is 3.46. The summed E-state index contributed by atoms with van der Waals surface area (Å²) in [4.78, 5) is 0. The van der Waals surface area contributed by atoms with Gasteiger partial charge >= 0.3 is 0 Å². The molecule has 0 aromatic carbocycles. The summed E-state index contributed by atoms with van der Waals surface area (Å²) in [5.41, 5.74) is 0.293. The van der Waals surface area contributed by atoms with Gasteiger partial charge in [-0.1, -0.05) is 45.4 Å². The Hall–Kier alpha value is -0.0800. The minimum atomic E-state index is 0.293. The van der Waals surface area contributed by atoms with Crippen LogP contribution in [0.4, 0.5) is 0 Å². The zero-order chi connectivity index (χ0) is 13.8. The molecule has 2 aliphatic carbocycles. The average Bonchev–Trinajstić information content (AvgIpc) is 2.89. The second kappa shape index (κ2) is 6.79. The molecular weight excluding hydrogens is 246 g/mol. The van der Waals surface area contributed by atoms with E-state index in [0.29, 0.717) is 11.7 Å². The van der Waals surface area contributed by atoms with Crippen molar-refractivity contribution in [3.63, 3.8) is 0 Å². The molecule has 1 N–H and O–H groups in total. The van der Waals surface area contributed by atoms with Crippen LogP contribution in [0.1, 0.15) is 84.0 Å². The second-order valence-corrected chi connectivity index (χ2v) is 7.49. The first-order chi connectivity index (χ1) is 9.81. The average molecular weight is 279 g/mol. The summed E-state index contributed by atoms with van der Waals surface area (Å²) in [5.74, 6) is 0.911. The molecule has 0 bridgehead atoms. The molecule has 3 rings (SSSR count). The van der Waals surface area contributed by atoms with Crippen molar-refractivity contribution in [3.05, 3.63) is 0 Å². The predicted octanol–water partition coefficient (Wildman–Crippen LogP) is 4.43. The van der Waals surface area contributed by atoms with Crippen molar-refractivity contribution >= 4 is 0 Å². The number of rotatable bonds is 4. The van der Waals surface area contributed by atoms with Crippen molar-refractivity contribution in [1.29, 1.82) is 0 Å². The monoisotopic (exact) mass is 279 g/mol. The number of nitrogens with one attached hydrogen (secondary N) is 1. The first-order valence-corrected chi connectivity index (χ1v) is 9.22. The van der Waals surface area contributed by atoms with E-state index in [4.69, 9.17) is 4.74 Å². The smallest absolute Gasteiger partial charge is 0.0708 e. The molecule has 116 valence electrons. The van der Waals surface area contributed by atoms with Gasteiger partial charge in [0.2, 0.25) is 0 Å².